The first-order valence-electron chi connectivity index (χ1n) is 9.04. The maximum absolute atomic E-state index is 12.7. The van der Waals surface area contributed by atoms with Crippen LogP contribution in [-0.4, -0.2) is 25.5 Å². The standard InChI is InChI=1S/C20H26N2OS/c23-19(16-22-13-7-2-1-3-8-14-22)21-20(18-12-9-15-24-18)17-10-5-4-6-11-17/h4-6,9-12,15,20H,1-3,7-8,13-14,16H2,(H,21,23)/p+1/t20-/m0/s1. The summed E-state index contributed by atoms with van der Waals surface area (Å²) in [5, 5.41) is 5.34. The molecule has 0 aliphatic carbocycles. The van der Waals surface area contributed by atoms with Crippen LogP contribution in [0.2, 0.25) is 0 Å². The summed E-state index contributed by atoms with van der Waals surface area (Å²) in [6.45, 7) is 2.85. The molecule has 0 spiro atoms. The second-order valence-corrected chi connectivity index (χ2v) is 7.60. The Balaban J connectivity index is 1.65. The largest absolute Gasteiger partial charge is 0.339 e. The molecule has 1 amide bonds. The van der Waals surface area contributed by atoms with E-state index in [1.165, 1.54) is 41.9 Å². The number of carbonyl (C=O) groups is 1. The summed E-state index contributed by atoms with van der Waals surface area (Å²) < 4.78 is 0. The molecule has 3 nitrogen and oxygen atoms in total. The fraction of sp³-hybridized carbons (Fsp3) is 0.450. The Kier molecular flexibility index (Phi) is 6.44. The van der Waals surface area contributed by atoms with Crippen LogP contribution in [0.4, 0.5) is 0 Å². The second kappa shape index (κ2) is 9.00. The first kappa shape index (κ1) is 17.2. The van der Waals surface area contributed by atoms with E-state index in [0.717, 1.165) is 18.7 Å². The zero-order valence-corrected chi connectivity index (χ0v) is 15.0. The highest BCUT2D eigenvalue weighted by Crippen LogP contribution is 2.25. The van der Waals surface area contributed by atoms with Crippen molar-refractivity contribution in [1.82, 2.24) is 5.32 Å². The summed E-state index contributed by atoms with van der Waals surface area (Å²) in [7, 11) is 0. The van der Waals surface area contributed by atoms with Gasteiger partial charge in [0.15, 0.2) is 6.54 Å². The summed E-state index contributed by atoms with van der Waals surface area (Å²) in [5.41, 5.74) is 1.15. The van der Waals surface area contributed by atoms with Crippen molar-refractivity contribution in [3.05, 3.63) is 58.3 Å². The molecule has 1 aliphatic heterocycles. The van der Waals surface area contributed by atoms with Gasteiger partial charge in [0.25, 0.3) is 5.91 Å². The van der Waals surface area contributed by atoms with Gasteiger partial charge in [-0.05, 0) is 42.7 Å². The summed E-state index contributed by atoms with van der Waals surface area (Å²) in [6, 6.07) is 14.4. The number of rotatable bonds is 5. The molecular formula is C20H27N2OS+. The molecule has 128 valence electrons. The molecule has 2 N–H and O–H groups in total. The number of hydrogen-bond acceptors (Lipinski definition) is 2. The van der Waals surface area contributed by atoms with Crippen molar-refractivity contribution >= 4 is 17.2 Å². The Morgan fingerprint density at radius 1 is 1.00 bits per heavy atom. The van der Waals surface area contributed by atoms with Gasteiger partial charge < -0.3 is 10.2 Å². The monoisotopic (exact) mass is 343 g/mol. The molecule has 2 aromatic rings. The molecule has 0 saturated carbocycles. The lowest BCUT2D eigenvalue weighted by molar-refractivity contribution is -0.893. The van der Waals surface area contributed by atoms with Gasteiger partial charge in [0.05, 0.1) is 19.1 Å². The number of amides is 1. The molecule has 1 fully saturated rings. The van der Waals surface area contributed by atoms with Crippen molar-refractivity contribution in [2.24, 2.45) is 0 Å². The first-order valence-corrected chi connectivity index (χ1v) is 9.92. The van der Waals surface area contributed by atoms with E-state index in [4.69, 9.17) is 0 Å². The fourth-order valence-corrected chi connectivity index (χ4v) is 4.24. The normalized spacial score (nSPS) is 17.7. The minimum atomic E-state index is -0.0344. The summed E-state index contributed by atoms with van der Waals surface area (Å²) in [5.74, 6) is 0.160. The smallest absolute Gasteiger partial charge is 0.275 e. The number of thiophene rings is 1. The lowest BCUT2D eigenvalue weighted by atomic mass is 10.1. The molecule has 3 rings (SSSR count). The summed E-state index contributed by atoms with van der Waals surface area (Å²) in [4.78, 5) is 15.3. The van der Waals surface area contributed by atoms with Crippen LogP contribution in [0.5, 0.6) is 0 Å². The van der Waals surface area contributed by atoms with Crippen LogP contribution in [0.3, 0.4) is 0 Å². The zero-order chi connectivity index (χ0) is 16.6. The molecule has 1 aromatic carbocycles. The maximum Gasteiger partial charge on any atom is 0.275 e. The van der Waals surface area contributed by atoms with Crippen LogP contribution in [0.25, 0.3) is 0 Å². The highest BCUT2D eigenvalue weighted by Gasteiger charge is 2.21. The van der Waals surface area contributed by atoms with Gasteiger partial charge in [-0.25, -0.2) is 0 Å². The van der Waals surface area contributed by atoms with Crippen molar-refractivity contribution in [2.45, 2.75) is 38.1 Å². The third kappa shape index (κ3) is 4.92. The van der Waals surface area contributed by atoms with E-state index >= 15 is 0 Å². The van der Waals surface area contributed by atoms with Crippen LogP contribution < -0.4 is 10.2 Å². The summed E-state index contributed by atoms with van der Waals surface area (Å²) >= 11 is 1.70. The molecule has 24 heavy (non-hydrogen) atoms. The number of likely N-dealkylation sites (tertiary alicyclic amines) is 1. The van der Waals surface area contributed by atoms with E-state index in [2.05, 4.69) is 28.9 Å². The van der Waals surface area contributed by atoms with Gasteiger partial charge in [-0.15, -0.1) is 11.3 Å². The lowest BCUT2D eigenvalue weighted by Crippen LogP contribution is -3.13. The SMILES string of the molecule is O=C(C[NH+]1CCCCCCC1)N[C@@H](c1ccccc1)c1cccs1. The van der Waals surface area contributed by atoms with Gasteiger partial charge in [0, 0.05) is 4.88 Å². The molecule has 1 atom stereocenters. The average molecular weight is 344 g/mol. The van der Waals surface area contributed by atoms with Crippen molar-refractivity contribution in [2.75, 3.05) is 19.6 Å². The fourth-order valence-electron chi connectivity index (χ4n) is 3.44. The second-order valence-electron chi connectivity index (χ2n) is 6.62. The Bertz CT molecular complexity index is 604. The number of quaternary nitrogens is 1. The topological polar surface area (TPSA) is 33.5 Å². The Morgan fingerprint density at radius 3 is 2.38 bits per heavy atom. The molecule has 1 aromatic heterocycles. The van der Waals surface area contributed by atoms with Gasteiger partial charge in [0.2, 0.25) is 0 Å². The number of nitrogens with one attached hydrogen (secondary N) is 2. The van der Waals surface area contributed by atoms with E-state index in [0.29, 0.717) is 6.54 Å². The molecule has 0 unspecified atom stereocenters. The lowest BCUT2D eigenvalue weighted by Gasteiger charge is -2.23. The predicted molar refractivity (Wildman–Crippen MR) is 99.4 cm³/mol. The number of carbonyl (C=O) groups excluding carboxylic acids is 1. The zero-order valence-electron chi connectivity index (χ0n) is 14.2. The van der Waals surface area contributed by atoms with E-state index < -0.39 is 0 Å². The minimum Gasteiger partial charge on any atom is -0.339 e. The quantitative estimate of drug-likeness (QED) is 0.860. The molecule has 0 bridgehead atoms. The van der Waals surface area contributed by atoms with Gasteiger partial charge in [0.1, 0.15) is 0 Å². The van der Waals surface area contributed by atoms with Crippen LogP contribution >= 0.6 is 11.3 Å². The van der Waals surface area contributed by atoms with E-state index in [9.17, 15) is 4.79 Å². The minimum absolute atomic E-state index is 0.0344. The van der Waals surface area contributed by atoms with Crippen molar-refractivity contribution in [1.29, 1.82) is 0 Å². The Hall–Kier alpha value is -1.65. The Labute approximate surface area is 148 Å². The van der Waals surface area contributed by atoms with Gasteiger partial charge in [-0.3, -0.25) is 4.79 Å². The maximum atomic E-state index is 12.7. The van der Waals surface area contributed by atoms with Crippen molar-refractivity contribution in [3.63, 3.8) is 0 Å². The molecular weight excluding hydrogens is 316 g/mol. The average Bonchev–Trinajstić information content (AvgIpc) is 3.10. The van der Waals surface area contributed by atoms with Gasteiger partial charge >= 0.3 is 0 Å². The van der Waals surface area contributed by atoms with E-state index in [-0.39, 0.29) is 11.9 Å². The number of hydrogen-bond donors (Lipinski definition) is 2. The molecule has 1 aliphatic rings. The van der Waals surface area contributed by atoms with Crippen molar-refractivity contribution < 1.29 is 9.69 Å². The van der Waals surface area contributed by atoms with E-state index in [1.54, 1.807) is 11.3 Å². The Morgan fingerprint density at radius 2 is 1.71 bits per heavy atom. The van der Waals surface area contributed by atoms with Crippen molar-refractivity contribution in [3.8, 4) is 0 Å². The van der Waals surface area contributed by atoms with Crippen LogP contribution in [0, 0.1) is 0 Å². The molecule has 2 heterocycles. The highest BCUT2D eigenvalue weighted by atomic mass is 32.1. The predicted octanol–water partition coefficient (Wildman–Crippen LogP) is 2.80. The van der Waals surface area contributed by atoms with Crippen LogP contribution in [0.15, 0.2) is 47.8 Å². The molecule has 0 radical (unpaired) electrons. The summed E-state index contributed by atoms with van der Waals surface area (Å²) in [6.07, 6.45) is 6.47. The molecule has 4 heteroatoms. The molecule has 1 saturated heterocycles. The van der Waals surface area contributed by atoms with Crippen LogP contribution in [0.1, 0.15) is 48.6 Å². The van der Waals surface area contributed by atoms with Gasteiger partial charge in [-0.1, -0.05) is 42.8 Å². The van der Waals surface area contributed by atoms with E-state index in [1.807, 2.05) is 24.3 Å². The first-order chi connectivity index (χ1) is 11.8. The number of benzene rings is 1. The van der Waals surface area contributed by atoms with Gasteiger partial charge in [-0.2, -0.15) is 0 Å². The highest BCUT2D eigenvalue weighted by molar-refractivity contribution is 7.10. The van der Waals surface area contributed by atoms with Crippen LogP contribution in [-0.2, 0) is 4.79 Å². The third-order valence-electron chi connectivity index (χ3n) is 4.74. The third-order valence-corrected chi connectivity index (χ3v) is 5.67.